The van der Waals surface area contributed by atoms with E-state index in [1.54, 1.807) is 4.90 Å². The van der Waals surface area contributed by atoms with Crippen LogP contribution < -0.4 is 5.32 Å². The van der Waals surface area contributed by atoms with Crippen LogP contribution in [0.4, 0.5) is 0 Å². The maximum Gasteiger partial charge on any atom is 0.290 e. The predicted molar refractivity (Wildman–Crippen MR) is 112 cm³/mol. The number of carbonyl (C=O) groups is 2. The van der Waals surface area contributed by atoms with Gasteiger partial charge in [0.05, 0.1) is 19.7 Å². The summed E-state index contributed by atoms with van der Waals surface area (Å²) in [6, 6.07) is 7.75. The van der Waals surface area contributed by atoms with Crippen molar-refractivity contribution in [2.45, 2.75) is 50.3 Å². The van der Waals surface area contributed by atoms with Crippen molar-refractivity contribution in [2.24, 2.45) is 0 Å². The van der Waals surface area contributed by atoms with E-state index in [0.717, 1.165) is 29.4 Å². The molecular formula is C23H29N3O4. The Labute approximate surface area is 176 Å². The van der Waals surface area contributed by atoms with Gasteiger partial charge in [0, 0.05) is 23.5 Å². The standard InChI is InChI=1S/C23H29N3O4/c1-15-17-9-5-6-10-19(17)30-20(15)22(28)26-13-23(14-26)12-25(2)18(11-29-23)21(27)24-16-7-3-4-8-16/h5-6,9-10,16,18H,3-4,7-8,11-14H2,1-2H3,(H,24,27)/t18-/m1/s1. The van der Waals surface area contributed by atoms with E-state index < -0.39 is 5.60 Å². The average molecular weight is 412 g/mol. The molecule has 2 aromatic rings. The summed E-state index contributed by atoms with van der Waals surface area (Å²) < 4.78 is 12.0. The van der Waals surface area contributed by atoms with Crippen LogP contribution in [0.2, 0.25) is 0 Å². The maximum absolute atomic E-state index is 13.0. The van der Waals surface area contributed by atoms with E-state index in [1.165, 1.54) is 12.8 Å². The first kappa shape index (κ1) is 19.6. The number of aryl methyl sites for hydroxylation is 1. The molecule has 1 aromatic carbocycles. The fourth-order valence-corrected chi connectivity index (χ4v) is 5.14. The fourth-order valence-electron chi connectivity index (χ4n) is 5.14. The van der Waals surface area contributed by atoms with Crippen LogP contribution in [0.25, 0.3) is 11.0 Å². The third-order valence-electron chi connectivity index (χ3n) is 6.90. The van der Waals surface area contributed by atoms with Gasteiger partial charge in [-0.15, -0.1) is 0 Å². The number of ether oxygens (including phenoxy) is 1. The third-order valence-corrected chi connectivity index (χ3v) is 6.90. The Hall–Kier alpha value is -2.38. The van der Waals surface area contributed by atoms with Gasteiger partial charge in [-0.25, -0.2) is 0 Å². The van der Waals surface area contributed by atoms with Crippen LogP contribution in [0.15, 0.2) is 28.7 Å². The Morgan fingerprint density at radius 2 is 1.87 bits per heavy atom. The normalized spacial score (nSPS) is 24.3. The lowest BCUT2D eigenvalue weighted by Crippen LogP contribution is -2.73. The second kappa shape index (κ2) is 7.39. The van der Waals surface area contributed by atoms with Crippen LogP contribution in [0, 0.1) is 6.92 Å². The number of amides is 2. The summed E-state index contributed by atoms with van der Waals surface area (Å²) in [7, 11) is 1.97. The summed E-state index contributed by atoms with van der Waals surface area (Å²) in [4.78, 5) is 29.5. The number of hydrogen-bond donors (Lipinski definition) is 1. The molecule has 0 radical (unpaired) electrons. The average Bonchev–Trinajstić information content (AvgIpc) is 3.33. The van der Waals surface area contributed by atoms with Gasteiger partial charge in [-0.3, -0.25) is 14.5 Å². The Balaban J connectivity index is 1.20. The summed E-state index contributed by atoms with van der Waals surface area (Å²) in [5.74, 6) is 0.370. The number of hydrogen-bond acceptors (Lipinski definition) is 5. The van der Waals surface area contributed by atoms with E-state index in [1.807, 2.05) is 38.2 Å². The first-order valence-corrected chi connectivity index (χ1v) is 10.9. The van der Waals surface area contributed by atoms with Crippen molar-refractivity contribution in [3.63, 3.8) is 0 Å². The number of likely N-dealkylation sites (tertiary alicyclic amines) is 1. The van der Waals surface area contributed by atoms with Crippen LogP contribution in [0.5, 0.6) is 0 Å². The van der Waals surface area contributed by atoms with Gasteiger partial charge in [0.2, 0.25) is 5.91 Å². The highest BCUT2D eigenvalue weighted by Crippen LogP contribution is 2.34. The molecule has 1 aliphatic carbocycles. The molecule has 1 saturated carbocycles. The number of benzene rings is 1. The van der Waals surface area contributed by atoms with Crippen molar-refractivity contribution < 1.29 is 18.7 Å². The molecule has 7 heteroatoms. The zero-order chi connectivity index (χ0) is 20.9. The molecule has 5 rings (SSSR count). The van der Waals surface area contributed by atoms with Crippen molar-refractivity contribution in [3.8, 4) is 0 Å². The van der Waals surface area contributed by atoms with Crippen molar-refractivity contribution in [2.75, 3.05) is 33.3 Å². The first-order chi connectivity index (χ1) is 14.5. The van der Waals surface area contributed by atoms with Gasteiger partial charge in [0.15, 0.2) is 5.76 Å². The Kier molecular flexibility index (Phi) is 4.82. The summed E-state index contributed by atoms with van der Waals surface area (Å²) in [6.07, 6.45) is 4.54. The highest BCUT2D eigenvalue weighted by atomic mass is 16.5. The lowest BCUT2D eigenvalue weighted by atomic mass is 9.90. The van der Waals surface area contributed by atoms with E-state index in [4.69, 9.17) is 9.15 Å². The third kappa shape index (κ3) is 3.30. The number of para-hydroxylation sites is 1. The van der Waals surface area contributed by atoms with Gasteiger partial charge in [0.25, 0.3) is 5.91 Å². The maximum atomic E-state index is 13.0. The van der Waals surface area contributed by atoms with Crippen LogP contribution in [0.3, 0.4) is 0 Å². The van der Waals surface area contributed by atoms with Crippen molar-refractivity contribution in [1.29, 1.82) is 0 Å². The minimum Gasteiger partial charge on any atom is -0.451 e. The Morgan fingerprint density at radius 3 is 2.57 bits per heavy atom. The molecule has 0 unspecified atom stereocenters. The highest BCUT2D eigenvalue weighted by molar-refractivity contribution is 5.99. The van der Waals surface area contributed by atoms with Crippen LogP contribution in [-0.2, 0) is 9.53 Å². The Bertz CT molecular complexity index is 972. The van der Waals surface area contributed by atoms with Gasteiger partial charge < -0.3 is 19.4 Å². The number of morpholine rings is 1. The predicted octanol–water partition coefficient (Wildman–Crippen LogP) is 2.33. The van der Waals surface area contributed by atoms with Gasteiger partial charge in [-0.1, -0.05) is 31.0 Å². The first-order valence-electron chi connectivity index (χ1n) is 10.9. The number of nitrogens with one attached hydrogen (secondary N) is 1. The molecule has 0 bridgehead atoms. The molecule has 1 atom stereocenters. The quantitative estimate of drug-likeness (QED) is 0.839. The molecule has 3 aliphatic rings. The van der Waals surface area contributed by atoms with Gasteiger partial charge in [0.1, 0.15) is 17.2 Å². The summed E-state index contributed by atoms with van der Waals surface area (Å²) >= 11 is 0. The summed E-state index contributed by atoms with van der Waals surface area (Å²) in [5, 5.41) is 4.15. The fraction of sp³-hybridized carbons (Fsp3) is 0.565. The molecule has 3 fully saturated rings. The van der Waals surface area contributed by atoms with Gasteiger partial charge in [-0.2, -0.15) is 0 Å². The molecule has 160 valence electrons. The molecule has 1 N–H and O–H groups in total. The molecular weight excluding hydrogens is 382 g/mol. The summed E-state index contributed by atoms with van der Waals surface area (Å²) in [5.41, 5.74) is 1.22. The summed E-state index contributed by atoms with van der Waals surface area (Å²) in [6.45, 7) is 3.96. The minimum absolute atomic E-state index is 0.0596. The second-order valence-electron chi connectivity index (χ2n) is 9.13. The lowest BCUT2D eigenvalue weighted by molar-refractivity contribution is -0.187. The molecule has 1 aromatic heterocycles. The van der Waals surface area contributed by atoms with Crippen LogP contribution in [0.1, 0.15) is 41.8 Å². The molecule has 2 aliphatic heterocycles. The number of carbonyl (C=O) groups excluding carboxylic acids is 2. The minimum atomic E-state index is -0.394. The van der Waals surface area contributed by atoms with E-state index in [9.17, 15) is 9.59 Å². The zero-order valence-electron chi connectivity index (χ0n) is 17.6. The molecule has 2 amide bonds. The molecule has 1 spiro atoms. The number of nitrogens with zero attached hydrogens (tertiary/aromatic N) is 2. The largest absolute Gasteiger partial charge is 0.451 e. The highest BCUT2D eigenvalue weighted by Gasteiger charge is 2.52. The van der Waals surface area contributed by atoms with E-state index >= 15 is 0 Å². The van der Waals surface area contributed by atoms with Crippen LogP contribution >= 0.6 is 0 Å². The van der Waals surface area contributed by atoms with Crippen molar-refractivity contribution >= 4 is 22.8 Å². The number of furan rings is 1. The van der Waals surface area contributed by atoms with Crippen molar-refractivity contribution in [3.05, 3.63) is 35.6 Å². The van der Waals surface area contributed by atoms with E-state index in [0.29, 0.717) is 38.0 Å². The monoisotopic (exact) mass is 411 g/mol. The SMILES string of the molecule is Cc1c(C(=O)N2CC3(C2)CN(C)[C@@H](C(=O)NC2CCCC2)CO3)oc2ccccc12. The zero-order valence-corrected chi connectivity index (χ0v) is 17.6. The number of fused-ring (bicyclic) bond motifs is 1. The number of likely N-dealkylation sites (N-methyl/N-ethyl adjacent to an activating group) is 1. The molecule has 2 saturated heterocycles. The van der Waals surface area contributed by atoms with E-state index in [-0.39, 0.29) is 17.9 Å². The Morgan fingerprint density at radius 1 is 1.13 bits per heavy atom. The smallest absolute Gasteiger partial charge is 0.290 e. The molecule has 7 nitrogen and oxygen atoms in total. The van der Waals surface area contributed by atoms with Crippen LogP contribution in [-0.4, -0.2) is 72.6 Å². The van der Waals surface area contributed by atoms with Gasteiger partial charge >= 0.3 is 0 Å². The topological polar surface area (TPSA) is 75.0 Å². The number of rotatable bonds is 3. The molecule has 30 heavy (non-hydrogen) atoms. The lowest BCUT2D eigenvalue weighted by Gasteiger charge is -2.54. The van der Waals surface area contributed by atoms with E-state index in [2.05, 4.69) is 10.2 Å². The van der Waals surface area contributed by atoms with Crippen molar-refractivity contribution in [1.82, 2.24) is 15.1 Å². The molecule has 3 heterocycles. The second-order valence-corrected chi connectivity index (χ2v) is 9.13. The van der Waals surface area contributed by atoms with Gasteiger partial charge in [-0.05, 0) is 32.9 Å².